The molecule has 3 heteroatoms. The Bertz CT molecular complexity index is 378. The van der Waals surface area contributed by atoms with Crippen molar-refractivity contribution < 1.29 is 4.74 Å². The minimum absolute atomic E-state index is 0.339. The molecule has 0 aromatic heterocycles. The van der Waals surface area contributed by atoms with Gasteiger partial charge in [-0.1, -0.05) is 23.7 Å². The summed E-state index contributed by atoms with van der Waals surface area (Å²) in [5.41, 5.74) is 7.96. The van der Waals surface area contributed by atoms with E-state index in [9.17, 15) is 0 Å². The lowest BCUT2D eigenvalue weighted by Gasteiger charge is -2.21. The molecule has 88 valence electrons. The maximum absolute atomic E-state index is 6.30. The van der Waals surface area contributed by atoms with Crippen molar-refractivity contribution in [3.8, 4) is 0 Å². The average molecular weight is 240 g/mol. The zero-order valence-electron chi connectivity index (χ0n) is 9.79. The van der Waals surface area contributed by atoms with Gasteiger partial charge in [-0.2, -0.15) is 0 Å². The van der Waals surface area contributed by atoms with Crippen LogP contribution in [0.4, 0.5) is 0 Å². The van der Waals surface area contributed by atoms with Gasteiger partial charge in [-0.3, -0.25) is 0 Å². The Hall–Kier alpha value is -0.570. The summed E-state index contributed by atoms with van der Waals surface area (Å²) in [6, 6.07) is 6.14. The van der Waals surface area contributed by atoms with Crippen LogP contribution in [0.3, 0.4) is 0 Å². The fraction of sp³-hybridized carbons (Fsp3) is 0.538. The Morgan fingerprint density at radius 3 is 2.69 bits per heavy atom. The molecule has 0 amide bonds. The predicted molar refractivity (Wildman–Crippen MR) is 66.8 cm³/mol. The highest BCUT2D eigenvalue weighted by Gasteiger charge is 2.22. The van der Waals surface area contributed by atoms with E-state index < -0.39 is 0 Å². The van der Waals surface area contributed by atoms with Gasteiger partial charge in [0.05, 0.1) is 6.61 Å². The number of benzene rings is 1. The molecule has 1 atom stereocenters. The van der Waals surface area contributed by atoms with Crippen molar-refractivity contribution in [1.29, 1.82) is 0 Å². The first-order chi connectivity index (χ1) is 7.48. The molecule has 2 N–H and O–H groups in total. The molecule has 0 radical (unpaired) electrons. The minimum atomic E-state index is -0.339. The van der Waals surface area contributed by atoms with Gasteiger partial charge in [0, 0.05) is 23.1 Å². The summed E-state index contributed by atoms with van der Waals surface area (Å²) in [4.78, 5) is 0. The molecule has 1 aromatic carbocycles. The fourth-order valence-electron chi connectivity index (χ4n) is 2.04. The summed E-state index contributed by atoms with van der Waals surface area (Å²) < 4.78 is 5.38. The van der Waals surface area contributed by atoms with E-state index in [4.69, 9.17) is 22.1 Å². The highest BCUT2D eigenvalue weighted by Crippen LogP contribution is 2.33. The highest BCUT2D eigenvalue weighted by atomic mass is 35.5. The van der Waals surface area contributed by atoms with E-state index in [1.807, 2.05) is 19.9 Å². The van der Waals surface area contributed by atoms with Gasteiger partial charge >= 0.3 is 0 Å². The molecule has 1 fully saturated rings. The molecule has 1 heterocycles. The largest absolute Gasteiger partial charge is 0.381 e. The van der Waals surface area contributed by atoms with E-state index >= 15 is 0 Å². The van der Waals surface area contributed by atoms with Crippen LogP contribution in [0.15, 0.2) is 18.2 Å². The normalized spacial score (nSPS) is 21.4. The average Bonchev–Trinajstić information content (AvgIpc) is 2.69. The number of nitrogens with two attached hydrogens (primary N) is 1. The standard InChI is InChI=1S/C13H18ClNO/c1-13(2,15)10-3-4-11(12(14)7-10)9-5-6-16-8-9/h3-4,7,9H,5-6,8,15H2,1-2H3. The molecule has 1 aliphatic rings. The Morgan fingerprint density at radius 2 is 2.19 bits per heavy atom. The third-order valence-electron chi connectivity index (χ3n) is 3.11. The zero-order valence-corrected chi connectivity index (χ0v) is 10.6. The first-order valence-corrected chi connectivity index (χ1v) is 6.03. The van der Waals surface area contributed by atoms with Crippen LogP contribution in [0.25, 0.3) is 0 Å². The van der Waals surface area contributed by atoms with Gasteiger partial charge in [-0.25, -0.2) is 0 Å². The first kappa shape index (κ1) is 11.9. The maximum Gasteiger partial charge on any atom is 0.0536 e. The second-order valence-electron chi connectivity index (χ2n) is 5.02. The van der Waals surface area contributed by atoms with Crippen LogP contribution in [0.1, 0.15) is 37.3 Å². The lowest BCUT2D eigenvalue weighted by molar-refractivity contribution is 0.194. The van der Waals surface area contributed by atoms with Crippen molar-refractivity contribution in [2.45, 2.75) is 31.7 Å². The van der Waals surface area contributed by atoms with Crippen LogP contribution in [0.2, 0.25) is 5.02 Å². The summed E-state index contributed by atoms with van der Waals surface area (Å²) in [6.45, 7) is 5.59. The molecule has 1 unspecified atom stereocenters. The van der Waals surface area contributed by atoms with Crippen LogP contribution in [-0.2, 0) is 10.3 Å². The van der Waals surface area contributed by atoms with Gasteiger partial charge in [-0.15, -0.1) is 0 Å². The number of hydrogen-bond acceptors (Lipinski definition) is 2. The van der Waals surface area contributed by atoms with E-state index in [1.54, 1.807) is 0 Å². The van der Waals surface area contributed by atoms with E-state index in [-0.39, 0.29) is 5.54 Å². The summed E-state index contributed by atoms with van der Waals surface area (Å²) in [5.74, 6) is 0.447. The zero-order chi connectivity index (χ0) is 11.8. The lowest BCUT2D eigenvalue weighted by Crippen LogP contribution is -2.28. The van der Waals surface area contributed by atoms with Gasteiger partial charge in [0.25, 0.3) is 0 Å². The molecule has 0 bridgehead atoms. The van der Waals surface area contributed by atoms with Crippen LogP contribution < -0.4 is 5.73 Å². The highest BCUT2D eigenvalue weighted by molar-refractivity contribution is 6.31. The number of ether oxygens (including phenoxy) is 1. The van der Waals surface area contributed by atoms with Crippen LogP contribution in [0, 0.1) is 0 Å². The van der Waals surface area contributed by atoms with E-state index in [0.717, 1.165) is 30.2 Å². The third kappa shape index (κ3) is 2.40. The summed E-state index contributed by atoms with van der Waals surface area (Å²) in [5, 5.41) is 0.812. The fourth-order valence-corrected chi connectivity index (χ4v) is 2.37. The minimum Gasteiger partial charge on any atom is -0.381 e. The van der Waals surface area contributed by atoms with E-state index in [0.29, 0.717) is 5.92 Å². The Balaban J connectivity index is 2.29. The quantitative estimate of drug-likeness (QED) is 0.861. The Morgan fingerprint density at radius 1 is 1.44 bits per heavy atom. The maximum atomic E-state index is 6.30. The van der Waals surface area contributed by atoms with Crippen molar-refractivity contribution in [2.24, 2.45) is 5.73 Å². The molecule has 1 aliphatic heterocycles. The number of rotatable bonds is 2. The molecule has 1 saturated heterocycles. The van der Waals surface area contributed by atoms with Crippen LogP contribution in [-0.4, -0.2) is 13.2 Å². The number of halogens is 1. The topological polar surface area (TPSA) is 35.2 Å². The van der Waals surface area contributed by atoms with Crippen molar-refractivity contribution in [3.63, 3.8) is 0 Å². The van der Waals surface area contributed by atoms with Gasteiger partial charge in [-0.05, 0) is 37.5 Å². The third-order valence-corrected chi connectivity index (χ3v) is 3.44. The molecule has 2 nitrogen and oxygen atoms in total. The summed E-state index contributed by atoms with van der Waals surface area (Å²) >= 11 is 6.30. The van der Waals surface area contributed by atoms with Crippen LogP contribution >= 0.6 is 11.6 Å². The molecule has 0 spiro atoms. The predicted octanol–water partition coefficient (Wildman–Crippen LogP) is 3.04. The smallest absolute Gasteiger partial charge is 0.0536 e. The van der Waals surface area contributed by atoms with E-state index in [1.165, 1.54) is 5.56 Å². The second kappa shape index (κ2) is 4.36. The molecule has 0 saturated carbocycles. The van der Waals surface area contributed by atoms with Crippen molar-refractivity contribution in [1.82, 2.24) is 0 Å². The SMILES string of the molecule is CC(C)(N)c1ccc(C2CCOC2)c(Cl)c1. The Kier molecular flexibility index (Phi) is 3.24. The molecule has 0 aliphatic carbocycles. The van der Waals surface area contributed by atoms with Gasteiger partial charge in [0.1, 0.15) is 0 Å². The Labute approximate surface area is 102 Å². The van der Waals surface area contributed by atoms with Crippen molar-refractivity contribution >= 4 is 11.6 Å². The summed E-state index contributed by atoms with van der Waals surface area (Å²) in [6.07, 6.45) is 1.06. The van der Waals surface area contributed by atoms with Crippen LogP contribution in [0.5, 0.6) is 0 Å². The lowest BCUT2D eigenvalue weighted by atomic mass is 9.91. The molecular weight excluding hydrogens is 222 g/mol. The van der Waals surface area contributed by atoms with Crippen molar-refractivity contribution in [2.75, 3.05) is 13.2 Å². The van der Waals surface area contributed by atoms with Gasteiger partial charge < -0.3 is 10.5 Å². The molecule has 2 rings (SSSR count). The van der Waals surface area contributed by atoms with Crippen molar-refractivity contribution in [3.05, 3.63) is 34.3 Å². The summed E-state index contributed by atoms with van der Waals surface area (Å²) in [7, 11) is 0. The molecule has 16 heavy (non-hydrogen) atoms. The molecular formula is C13H18ClNO. The second-order valence-corrected chi connectivity index (χ2v) is 5.43. The van der Waals surface area contributed by atoms with Gasteiger partial charge in [0.2, 0.25) is 0 Å². The van der Waals surface area contributed by atoms with Gasteiger partial charge in [0.15, 0.2) is 0 Å². The monoisotopic (exact) mass is 239 g/mol. The van der Waals surface area contributed by atoms with E-state index in [2.05, 4.69) is 12.1 Å². The number of hydrogen-bond donors (Lipinski definition) is 1. The first-order valence-electron chi connectivity index (χ1n) is 5.65. The molecule has 1 aromatic rings.